The van der Waals surface area contributed by atoms with Gasteiger partial charge in [0.05, 0.1) is 11.6 Å². The molecule has 2 heterocycles. The van der Waals surface area contributed by atoms with Gasteiger partial charge >= 0.3 is 0 Å². The number of pyridine rings is 1. The molecule has 1 aromatic heterocycles. The molecule has 7 heteroatoms. The monoisotopic (exact) mass is 491 g/mol. The fourth-order valence-electron chi connectivity index (χ4n) is 3.79. The summed E-state index contributed by atoms with van der Waals surface area (Å²) >= 11 is 3.38. The molecule has 2 aromatic carbocycles. The van der Waals surface area contributed by atoms with Crippen LogP contribution in [0.5, 0.6) is 0 Å². The fraction of sp³-hybridized carbons (Fsp3) is 0.160. The lowest BCUT2D eigenvalue weighted by molar-refractivity contribution is -0.140. The minimum atomic E-state index is -0.706. The van der Waals surface area contributed by atoms with Crippen LogP contribution in [0.2, 0.25) is 0 Å². The van der Waals surface area contributed by atoms with Crippen LogP contribution in [0.15, 0.2) is 83.1 Å². The number of hydrogen-bond acceptors (Lipinski definition) is 5. The first-order valence-electron chi connectivity index (χ1n) is 10.1. The van der Waals surface area contributed by atoms with Crippen molar-refractivity contribution >= 4 is 39.1 Å². The van der Waals surface area contributed by atoms with Crippen molar-refractivity contribution in [1.82, 2.24) is 9.88 Å². The van der Waals surface area contributed by atoms with Crippen LogP contribution in [0.25, 0.3) is 5.76 Å². The number of halogens is 1. The number of anilines is 1. The van der Waals surface area contributed by atoms with Crippen LogP contribution in [0.4, 0.5) is 5.69 Å². The van der Waals surface area contributed by atoms with Crippen molar-refractivity contribution in [2.75, 3.05) is 19.0 Å². The maximum Gasteiger partial charge on any atom is 0.295 e. The van der Waals surface area contributed by atoms with E-state index in [0.29, 0.717) is 5.56 Å². The minimum Gasteiger partial charge on any atom is -0.507 e. The van der Waals surface area contributed by atoms with Gasteiger partial charge in [-0.25, -0.2) is 0 Å². The molecule has 1 saturated heterocycles. The third-order valence-electron chi connectivity index (χ3n) is 5.49. The summed E-state index contributed by atoms with van der Waals surface area (Å²) in [7, 11) is 3.89. The van der Waals surface area contributed by atoms with Crippen molar-refractivity contribution in [2.24, 2.45) is 0 Å². The summed E-state index contributed by atoms with van der Waals surface area (Å²) in [6.45, 7) is 0.226. The predicted molar refractivity (Wildman–Crippen MR) is 127 cm³/mol. The molecule has 32 heavy (non-hydrogen) atoms. The largest absolute Gasteiger partial charge is 0.507 e. The van der Waals surface area contributed by atoms with E-state index in [-0.39, 0.29) is 17.9 Å². The zero-order valence-corrected chi connectivity index (χ0v) is 19.3. The normalized spacial score (nSPS) is 17.6. The Balaban J connectivity index is 1.84. The zero-order chi connectivity index (χ0) is 22.8. The van der Waals surface area contributed by atoms with Gasteiger partial charge in [-0.3, -0.25) is 14.6 Å². The number of aromatic nitrogens is 1. The first kappa shape index (κ1) is 21.8. The van der Waals surface area contributed by atoms with Crippen LogP contribution in [0.3, 0.4) is 0 Å². The average molecular weight is 492 g/mol. The van der Waals surface area contributed by atoms with Crippen LogP contribution in [-0.4, -0.2) is 40.8 Å². The molecule has 1 atom stereocenters. The quantitative estimate of drug-likeness (QED) is 0.322. The van der Waals surface area contributed by atoms with Gasteiger partial charge in [-0.15, -0.1) is 0 Å². The highest BCUT2D eigenvalue weighted by atomic mass is 79.9. The molecule has 1 N–H and O–H groups in total. The highest BCUT2D eigenvalue weighted by Crippen LogP contribution is 2.40. The molecule has 1 aliphatic rings. The number of carbonyl (C=O) groups excluding carboxylic acids is 2. The van der Waals surface area contributed by atoms with E-state index in [1.165, 1.54) is 4.90 Å². The molecular weight excluding hydrogens is 470 g/mol. The summed E-state index contributed by atoms with van der Waals surface area (Å²) in [5, 5.41) is 11.1. The molecule has 162 valence electrons. The van der Waals surface area contributed by atoms with Gasteiger partial charge in [0.15, 0.2) is 0 Å². The summed E-state index contributed by atoms with van der Waals surface area (Å²) in [4.78, 5) is 33.7. The van der Waals surface area contributed by atoms with E-state index in [2.05, 4.69) is 20.9 Å². The summed E-state index contributed by atoms with van der Waals surface area (Å²) in [6, 6.07) is 17.5. The standard InChI is InChI=1S/C25H22BrN3O3/c1-28(2)20-9-5-17(6-10-20)22-21(23(30)18-3-7-19(26)8-4-18)24(31)25(32)29(22)15-16-11-13-27-14-12-16/h3-14,22,30H,15H2,1-2H3/b23-21-. The number of aliphatic hydroxyl groups is 1. The Morgan fingerprint density at radius 3 is 2.22 bits per heavy atom. The summed E-state index contributed by atoms with van der Waals surface area (Å²) in [5.74, 6) is -1.52. The van der Waals surface area contributed by atoms with Gasteiger partial charge in [0.2, 0.25) is 0 Å². The molecule has 1 aliphatic heterocycles. The van der Waals surface area contributed by atoms with Crippen molar-refractivity contribution in [3.05, 3.63) is 99.8 Å². The second-order valence-corrected chi connectivity index (χ2v) is 8.69. The highest BCUT2D eigenvalue weighted by molar-refractivity contribution is 9.10. The van der Waals surface area contributed by atoms with Gasteiger partial charge in [0.25, 0.3) is 11.7 Å². The first-order chi connectivity index (χ1) is 15.4. The number of hydrogen-bond donors (Lipinski definition) is 1. The first-order valence-corrected chi connectivity index (χ1v) is 10.9. The van der Waals surface area contributed by atoms with E-state index in [1.807, 2.05) is 43.3 Å². The second-order valence-electron chi connectivity index (χ2n) is 7.78. The molecule has 0 radical (unpaired) electrons. The number of ketones is 1. The maximum absolute atomic E-state index is 13.1. The Morgan fingerprint density at radius 1 is 1.00 bits per heavy atom. The van der Waals surface area contributed by atoms with Crippen LogP contribution < -0.4 is 4.90 Å². The summed E-state index contributed by atoms with van der Waals surface area (Å²) in [5.41, 5.74) is 3.16. The molecule has 3 aromatic rings. The Labute approximate surface area is 194 Å². The number of carbonyl (C=O) groups is 2. The highest BCUT2D eigenvalue weighted by Gasteiger charge is 2.46. The van der Waals surface area contributed by atoms with E-state index in [4.69, 9.17) is 0 Å². The predicted octanol–water partition coefficient (Wildman–Crippen LogP) is 4.53. The Morgan fingerprint density at radius 2 is 1.62 bits per heavy atom. The summed E-state index contributed by atoms with van der Waals surface area (Å²) < 4.78 is 0.850. The van der Waals surface area contributed by atoms with Gasteiger partial charge < -0.3 is 14.9 Å². The molecule has 1 unspecified atom stereocenters. The SMILES string of the molecule is CN(C)c1ccc(C2/C(=C(/O)c3ccc(Br)cc3)C(=O)C(=O)N2Cc2ccncc2)cc1. The van der Waals surface area contributed by atoms with Gasteiger partial charge in [-0.05, 0) is 47.5 Å². The van der Waals surface area contributed by atoms with Gasteiger partial charge in [0, 0.05) is 48.8 Å². The van der Waals surface area contributed by atoms with Crippen LogP contribution >= 0.6 is 15.9 Å². The smallest absolute Gasteiger partial charge is 0.295 e. The van der Waals surface area contributed by atoms with Crippen molar-refractivity contribution < 1.29 is 14.7 Å². The topological polar surface area (TPSA) is 73.7 Å². The third-order valence-corrected chi connectivity index (χ3v) is 6.01. The van der Waals surface area contributed by atoms with E-state index < -0.39 is 17.7 Å². The second kappa shape index (κ2) is 8.96. The number of nitrogens with zero attached hydrogens (tertiary/aromatic N) is 3. The Hall–Kier alpha value is -3.45. The molecule has 0 aliphatic carbocycles. The molecule has 1 fully saturated rings. The minimum absolute atomic E-state index is 0.0870. The lowest BCUT2D eigenvalue weighted by Gasteiger charge is -2.26. The molecule has 0 bridgehead atoms. The number of amides is 1. The molecule has 0 saturated carbocycles. The average Bonchev–Trinajstić information content (AvgIpc) is 3.05. The van der Waals surface area contributed by atoms with Gasteiger partial charge in [-0.2, -0.15) is 0 Å². The van der Waals surface area contributed by atoms with Crippen molar-refractivity contribution in [2.45, 2.75) is 12.6 Å². The number of rotatable bonds is 5. The number of Topliss-reactive ketones (excluding diaryl/α,β-unsaturated/α-hetero) is 1. The number of aliphatic hydroxyl groups excluding tert-OH is 1. The van der Waals surface area contributed by atoms with Crippen molar-refractivity contribution in [3.63, 3.8) is 0 Å². The Kier molecular flexibility index (Phi) is 6.10. The van der Waals surface area contributed by atoms with Crippen LogP contribution in [0, 0.1) is 0 Å². The van der Waals surface area contributed by atoms with Crippen molar-refractivity contribution in [1.29, 1.82) is 0 Å². The number of benzene rings is 2. The van der Waals surface area contributed by atoms with Crippen molar-refractivity contribution in [3.8, 4) is 0 Å². The molecule has 1 amide bonds. The van der Waals surface area contributed by atoms with Gasteiger partial charge in [-0.1, -0.05) is 40.2 Å². The van der Waals surface area contributed by atoms with Crippen LogP contribution in [0.1, 0.15) is 22.7 Å². The lowest BCUT2D eigenvalue weighted by atomic mass is 9.95. The maximum atomic E-state index is 13.1. The summed E-state index contributed by atoms with van der Waals surface area (Å²) in [6.07, 6.45) is 3.29. The fourth-order valence-corrected chi connectivity index (χ4v) is 4.06. The third kappa shape index (κ3) is 4.16. The Bertz CT molecular complexity index is 1170. The van der Waals surface area contributed by atoms with E-state index in [9.17, 15) is 14.7 Å². The van der Waals surface area contributed by atoms with E-state index in [1.54, 1.807) is 48.8 Å². The molecule has 0 spiro atoms. The lowest BCUT2D eigenvalue weighted by Crippen LogP contribution is -2.29. The molecule has 6 nitrogen and oxygen atoms in total. The van der Waals surface area contributed by atoms with E-state index in [0.717, 1.165) is 21.3 Å². The van der Waals surface area contributed by atoms with Crippen LogP contribution in [-0.2, 0) is 16.1 Å². The van der Waals surface area contributed by atoms with Gasteiger partial charge in [0.1, 0.15) is 5.76 Å². The molecular formula is C25H22BrN3O3. The van der Waals surface area contributed by atoms with E-state index >= 15 is 0 Å². The number of likely N-dealkylation sites (tertiary alicyclic amines) is 1. The molecule has 4 rings (SSSR count). The zero-order valence-electron chi connectivity index (χ0n) is 17.7.